The zero-order valence-corrected chi connectivity index (χ0v) is 37.0. The van der Waals surface area contributed by atoms with Gasteiger partial charge in [0.2, 0.25) is 0 Å². The predicted molar refractivity (Wildman–Crippen MR) is 235 cm³/mol. The lowest BCUT2D eigenvalue weighted by Gasteiger charge is -2.25. The Kier molecular flexibility index (Phi) is 37.7. The summed E-state index contributed by atoms with van der Waals surface area (Å²) in [7, 11) is 5.94. The van der Waals surface area contributed by atoms with Gasteiger partial charge in [-0.25, -0.2) is 4.79 Å². The summed E-state index contributed by atoms with van der Waals surface area (Å²) in [6, 6.07) is 0. The first kappa shape index (κ1) is 54.0. The molecular weight excluding hydrogens is 719 g/mol. The molecule has 0 heterocycles. The van der Waals surface area contributed by atoms with Gasteiger partial charge in [-0.2, -0.15) is 0 Å². The van der Waals surface area contributed by atoms with E-state index in [2.05, 4.69) is 74.6 Å². The fourth-order valence-corrected chi connectivity index (χ4v) is 5.80. The molecule has 0 aliphatic rings. The largest absolute Gasteiger partial charge is 0.477 e. The molecule has 0 amide bonds. The van der Waals surface area contributed by atoms with Crippen LogP contribution in [0.1, 0.15) is 168 Å². The minimum Gasteiger partial charge on any atom is -0.477 e. The molecular formula is C48H84NO8+. The lowest BCUT2D eigenvalue weighted by atomic mass is 10.0. The molecule has 0 fully saturated rings. The van der Waals surface area contributed by atoms with Gasteiger partial charge in [0.05, 0.1) is 34.4 Å². The normalized spacial score (nSPS) is 13.5. The Morgan fingerprint density at radius 2 is 1.00 bits per heavy atom. The Morgan fingerprint density at radius 3 is 1.49 bits per heavy atom. The van der Waals surface area contributed by atoms with Gasteiger partial charge in [-0.05, 0) is 57.8 Å². The molecule has 0 aromatic heterocycles. The number of carbonyl (C=O) groups is 3. The highest BCUT2D eigenvalue weighted by Gasteiger charge is 2.25. The summed E-state index contributed by atoms with van der Waals surface area (Å²) in [6.07, 6.45) is 44.2. The van der Waals surface area contributed by atoms with Crippen molar-refractivity contribution in [2.24, 2.45) is 0 Å². The van der Waals surface area contributed by atoms with Crippen molar-refractivity contribution in [1.82, 2.24) is 0 Å². The maximum Gasteiger partial charge on any atom is 0.361 e. The number of allylic oxidation sites excluding steroid dienone is 10. The number of unbranched alkanes of at least 4 members (excludes halogenated alkanes) is 15. The van der Waals surface area contributed by atoms with Gasteiger partial charge in [0.15, 0.2) is 6.10 Å². The van der Waals surface area contributed by atoms with Crippen molar-refractivity contribution in [3.05, 3.63) is 60.8 Å². The van der Waals surface area contributed by atoms with E-state index >= 15 is 0 Å². The van der Waals surface area contributed by atoms with Gasteiger partial charge in [0.25, 0.3) is 6.29 Å². The molecule has 0 saturated carbocycles. The van der Waals surface area contributed by atoms with Crippen LogP contribution in [0.5, 0.6) is 0 Å². The van der Waals surface area contributed by atoms with E-state index in [1.807, 2.05) is 21.1 Å². The summed E-state index contributed by atoms with van der Waals surface area (Å²) in [5.41, 5.74) is 0. The van der Waals surface area contributed by atoms with E-state index in [9.17, 15) is 19.5 Å². The second-order valence-corrected chi connectivity index (χ2v) is 16.0. The van der Waals surface area contributed by atoms with Crippen molar-refractivity contribution in [2.75, 3.05) is 47.5 Å². The molecule has 0 aliphatic heterocycles. The SMILES string of the molecule is CC/C=C\C/C=C\C/C=C\C/C=C\C/C=C\CCCCCC(=O)OC(COC(=O)CCCCCCCCCCCCCCC)COC(OCC[N+](C)(C)C)C(=O)O. The molecule has 0 rings (SSSR count). The zero-order chi connectivity index (χ0) is 42.1. The summed E-state index contributed by atoms with van der Waals surface area (Å²) < 4.78 is 22.7. The monoisotopic (exact) mass is 803 g/mol. The number of esters is 2. The summed E-state index contributed by atoms with van der Waals surface area (Å²) in [5.74, 6) is -2.06. The van der Waals surface area contributed by atoms with E-state index in [4.69, 9.17) is 18.9 Å². The Balaban J connectivity index is 4.51. The lowest BCUT2D eigenvalue weighted by Crippen LogP contribution is -2.40. The zero-order valence-electron chi connectivity index (χ0n) is 37.0. The summed E-state index contributed by atoms with van der Waals surface area (Å²) in [5, 5.41) is 9.63. The average molecular weight is 803 g/mol. The number of nitrogens with zero attached hydrogens (tertiary/aromatic N) is 1. The van der Waals surface area contributed by atoms with Crippen LogP contribution < -0.4 is 0 Å². The number of rotatable bonds is 40. The number of hydrogen-bond acceptors (Lipinski definition) is 7. The Hall–Kier alpha value is -3.01. The Labute approximate surface area is 348 Å². The van der Waals surface area contributed by atoms with Gasteiger partial charge in [-0.1, -0.05) is 158 Å². The predicted octanol–water partition coefficient (Wildman–Crippen LogP) is 11.8. The van der Waals surface area contributed by atoms with Crippen molar-refractivity contribution in [3.63, 3.8) is 0 Å². The summed E-state index contributed by atoms with van der Waals surface area (Å²) in [4.78, 5) is 37.1. The molecule has 0 saturated heterocycles. The second-order valence-electron chi connectivity index (χ2n) is 16.0. The summed E-state index contributed by atoms with van der Waals surface area (Å²) in [6.45, 7) is 4.70. The number of carboxylic acids is 1. The maximum absolute atomic E-state index is 12.8. The van der Waals surface area contributed by atoms with Gasteiger partial charge < -0.3 is 28.5 Å². The van der Waals surface area contributed by atoms with Gasteiger partial charge in [0.1, 0.15) is 13.2 Å². The molecule has 0 aliphatic carbocycles. The molecule has 0 bridgehead atoms. The highest BCUT2D eigenvalue weighted by atomic mass is 16.7. The van der Waals surface area contributed by atoms with Crippen molar-refractivity contribution in [3.8, 4) is 0 Å². The quantitative estimate of drug-likeness (QED) is 0.0214. The van der Waals surface area contributed by atoms with Crippen LogP contribution in [0, 0.1) is 0 Å². The Bertz CT molecular complexity index is 1120. The molecule has 0 aromatic carbocycles. The number of carboxylic acid groups (broad SMARTS) is 1. The molecule has 0 radical (unpaired) electrons. The first-order chi connectivity index (χ1) is 27.6. The van der Waals surface area contributed by atoms with Gasteiger partial charge in [0, 0.05) is 12.8 Å². The van der Waals surface area contributed by atoms with E-state index in [-0.39, 0.29) is 32.2 Å². The molecule has 328 valence electrons. The molecule has 1 N–H and O–H groups in total. The van der Waals surface area contributed by atoms with E-state index in [0.29, 0.717) is 23.9 Å². The van der Waals surface area contributed by atoms with Crippen LogP contribution in [-0.2, 0) is 33.3 Å². The number of hydrogen-bond donors (Lipinski definition) is 1. The number of likely N-dealkylation sites (N-methyl/N-ethyl adjacent to an activating group) is 1. The van der Waals surface area contributed by atoms with Crippen molar-refractivity contribution < 1.29 is 42.9 Å². The van der Waals surface area contributed by atoms with E-state index in [0.717, 1.165) is 70.6 Å². The summed E-state index contributed by atoms with van der Waals surface area (Å²) >= 11 is 0. The van der Waals surface area contributed by atoms with Crippen molar-refractivity contribution in [1.29, 1.82) is 0 Å². The maximum atomic E-state index is 12.8. The minimum atomic E-state index is -1.52. The second kappa shape index (κ2) is 39.8. The fraction of sp³-hybridized carbons (Fsp3) is 0.729. The lowest BCUT2D eigenvalue weighted by molar-refractivity contribution is -0.870. The highest BCUT2D eigenvalue weighted by molar-refractivity contribution is 5.71. The number of quaternary nitrogens is 1. The van der Waals surface area contributed by atoms with Crippen LogP contribution in [0.3, 0.4) is 0 Å². The van der Waals surface area contributed by atoms with E-state index in [1.165, 1.54) is 64.2 Å². The molecule has 57 heavy (non-hydrogen) atoms. The van der Waals surface area contributed by atoms with Gasteiger partial charge in [-0.3, -0.25) is 9.59 Å². The van der Waals surface area contributed by atoms with Crippen LogP contribution >= 0.6 is 0 Å². The number of ether oxygens (including phenoxy) is 4. The molecule has 0 aromatic rings. The minimum absolute atomic E-state index is 0.179. The molecule has 9 heteroatoms. The van der Waals surface area contributed by atoms with Crippen LogP contribution in [-0.4, -0.2) is 87.4 Å². The molecule has 9 nitrogen and oxygen atoms in total. The number of aliphatic carboxylic acids is 1. The average Bonchev–Trinajstić information content (AvgIpc) is 3.17. The third kappa shape index (κ3) is 41.0. The van der Waals surface area contributed by atoms with Crippen molar-refractivity contribution in [2.45, 2.75) is 180 Å². The number of carbonyl (C=O) groups excluding carboxylic acids is 2. The topological polar surface area (TPSA) is 108 Å². The Morgan fingerprint density at radius 1 is 0.544 bits per heavy atom. The molecule has 0 spiro atoms. The molecule has 2 unspecified atom stereocenters. The third-order valence-corrected chi connectivity index (χ3v) is 9.29. The first-order valence-electron chi connectivity index (χ1n) is 22.5. The van der Waals surface area contributed by atoms with Crippen LogP contribution in [0.15, 0.2) is 60.8 Å². The van der Waals surface area contributed by atoms with E-state index in [1.54, 1.807) is 0 Å². The third-order valence-electron chi connectivity index (χ3n) is 9.29. The van der Waals surface area contributed by atoms with Crippen molar-refractivity contribution >= 4 is 17.9 Å². The van der Waals surface area contributed by atoms with Crippen LogP contribution in [0.25, 0.3) is 0 Å². The van der Waals surface area contributed by atoms with Crippen LogP contribution in [0.2, 0.25) is 0 Å². The fourth-order valence-electron chi connectivity index (χ4n) is 5.80. The van der Waals surface area contributed by atoms with E-state index < -0.39 is 24.3 Å². The molecule has 2 atom stereocenters. The highest BCUT2D eigenvalue weighted by Crippen LogP contribution is 2.14. The standard InChI is InChI=1S/C48H83NO8/c1-6-8-10-12-14-16-18-20-21-22-23-24-25-27-29-31-33-35-37-39-46(51)57-44(43-56-48(47(52)53)54-41-40-49(3,4)5)42-55-45(50)38-36-34-32-30-28-26-19-17-15-13-11-9-7-2/h8,10,14,16,20-21,23-24,27,29,44,48H,6-7,9,11-13,15,17-19,22,25-26,28,30-43H2,1-5H3/p+1/b10-8-,16-14-,21-20-,24-23-,29-27-. The van der Waals surface area contributed by atoms with Gasteiger partial charge in [-0.15, -0.1) is 0 Å². The first-order valence-corrected chi connectivity index (χ1v) is 22.5. The smallest absolute Gasteiger partial charge is 0.361 e. The van der Waals surface area contributed by atoms with Crippen LogP contribution in [0.4, 0.5) is 0 Å². The van der Waals surface area contributed by atoms with Gasteiger partial charge >= 0.3 is 17.9 Å².